The van der Waals surface area contributed by atoms with E-state index >= 15 is 0 Å². The second-order valence-electron chi connectivity index (χ2n) is 8.25. The molecule has 3 aromatic rings. The summed E-state index contributed by atoms with van der Waals surface area (Å²) in [6.45, 7) is 8.10. The molecule has 1 aromatic heterocycles. The van der Waals surface area contributed by atoms with Crippen LogP contribution in [0.2, 0.25) is 5.02 Å². The van der Waals surface area contributed by atoms with Gasteiger partial charge in [-0.25, -0.2) is 0 Å². The molecule has 7 heteroatoms. The molecule has 0 aliphatic carbocycles. The van der Waals surface area contributed by atoms with Crippen LogP contribution in [-0.2, 0) is 6.54 Å². The zero-order valence-corrected chi connectivity index (χ0v) is 21.9. The van der Waals surface area contributed by atoms with Crippen LogP contribution in [0.1, 0.15) is 23.7 Å². The molecule has 0 radical (unpaired) electrons. The third-order valence-electron chi connectivity index (χ3n) is 6.02. The van der Waals surface area contributed by atoms with Gasteiger partial charge >= 0.3 is 0 Å². The highest BCUT2D eigenvalue weighted by atomic mass is 35.5. The van der Waals surface area contributed by atoms with Crippen molar-refractivity contribution < 1.29 is 4.57 Å². The largest absolute Gasteiger partial charge is 0.337 e. The Labute approximate surface area is 219 Å². The Morgan fingerprint density at radius 2 is 1.91 bits per heavy atom. The number of hydrogen-bond donors (Lipinski definition) is 0. The number of aromatic nitrogens is 1. The average molecular weight is 516 g/mol. The van der Waals surface area contributed by atoms with Crippen molar-refractivity contribution in [1.82, 2.24) is 4.90 Å². The van der Waals surface area contributed by atoms with Gasteiger partial charge in [-0.1, -0.05) is 72.0 Å². The Hall–Kier alpha value is -3.11. The molecule has 0 saturated carbocycles. The second kappa shape index (κ2) is 9.87. The minimum Gasteiger partial charge on any atom is -0.337 e. The number of hydrogen-bond acceptors (Lipinski definition) is 5. The number of benzene rings is 2. The van der Waals surface area contributed by atoms with Crippen molar-refractivity contribution in [3.05, 3.63) is 116 Å². The third-order valence-corrected chi connectivity index (χ3v) is 8.78. The summed E-state index contributed by atoms with van der Waals surface area (Å²) < 4.78 is 2.14. The number of nitriles is 1. The van der Waals surface area contributed by atoms with Crippen LogP contribution in [0.3, 0.4) is 0 Å². The number of thioether (sulfide) groups is 2. The lowest BCUT2D eigenvalue weighted by molar-refractivity contribution is -0.690. The van der Waals surface area contributed by atoms with E-state index < -0.39 is 0 Å². The number of nitrogens with zero attached hydrogens (tertiary/aromatic N) is 4. The molecule has 174 valence electrons. The predicted octanol–water partition coefficient (Wildman–Crippen LogP) is 6.84. The van der Waals surface area contributed by atoms with E-state index in [0.717, 1.165) is 48.5 Å². The van der Waals surface area contributed by atoms with Gasteiger partial charge in [0.1, 0.15) is 11.6 Å². The summed E-state index contributed by atoms with van der Waals surface area (Å²) >= 11 is 9.72. The van der Waals surface area contributed by atoms with Crippen LogP contribution in [0.5, 0.6) is 0 Å². The molecule has 0 bridgehead atoms. The van der Waals surface area contributed by atoms with Crippen LogP contribution in [0.25, 0.3) is 6.08 Å². The van der Waals surface area contributed by atoms with Gasteiger partial charge in [-0.05, 0) is 31.2 Å². The van der Waals surface area contributed by atoms with Gasteiger partial charge in [-0.15, -0.1) is 0 Å². The first-order valence-electron chi connectivity index (χ1n) is 11.3. The lowest BCUT2D eigenvalue weighted by Crippen LogP contribution is -2.38. The van der Waals surface area contributed by atoms with E-state index in [0.29, 0.717) is 12.1 Å². The van der Waals surface area contributed by atoms with Gasteiger partial charge in [0.25, 0.3) is 0 Å². The number of halogens is 1. The van der Waals surface area contributed by atoms with Crippen molar-refractivity contribution >= 4 is 46.9 Å². The van der Waals surface area contributed by atoms with E-state index in [-0.39, 0.29) is 0 Å². The monoisotopic (exact) mass is 515 g/mol. The molecule has 0 spiro atoms. The van der Waals surface area contributed by atoms with Gasteiger partial charge in [0.05, 0.1) is 26.3 Å². The number of pyridine rings is 1. The van der Waals surface area contributed by atoms with Crippen LogP contribution in [0, 0.1) is 11.3 Å². The van der Waals surface area contributed by atoms with Gasteiger partial charge in [0.2, 0.25) is 5.69 Å². The lowest BCUT2D eigenvalue weighted by Gasteiger charge is -2.18. The maximum atomic E-state index is 9.47. The van der Waals surface area contributed by atoms with Crippen molar-refractivity contribution in [2.45, 2.75) is 18.4 Å². The Kier molecular flexibility index (Phi) is 6.66. The van der Waals surface area contributed by atoms with Gasteiger partial charge < -0.3 is 9.80 Å². The predicted molar refractivity (Wildman–Crippen MR) is 147 cm³/mol. The van der Waals surface area contributed by atoms with Crippen molar-refractivity contribution in [1.29, 1.82) is 5.26 Å². The number of rotatable bonds is 4. The first kappa shape index (κ1) is 23.6. The molecule has 0 N–H and O–H groups in total. The minimum atomic E-state index is 0.641. The molecule has 3 heterocycles. The SMILES string of the molecule is C=C1/C(=C2\Sc3cc(Cl)ccc3N2C)S/C(=C\c2ccc(C#N)c[n+]2Cc2ccccc2)N1CC. The van der Waals surface area contributed by atoms with Gasteiger partial charge in [-0.2, -0.15) is 9.83 Å². The summed E-state index contributed by atoms with van der Waals surface area (Å²) in [6.07, 6.45) is 4.12. The number of anilines is 1. The molecule has 1 saturated heterocycles. The normalized spacial score (nSPS) is 18.3. The summed E-state index contributed by atoms with van der Waals surface area (Å²) in [4.78, 5) is 6.78. The van der Waals surface area contributed by atoms with E-state index in [1.165, 1.54) is 5.56 Å². The molecule has 2 aromatic carbocycles. The Morgan fingerprint density at radius 1 is 1.11 bits per heavy atom. The third kappa shape index (κ3) is 4.60. The fraction of sp³-hybridized carbons (Fsp3) is 0.143. The zero-order valence-electron chi connectivity index (χ0n) is 19.5. The molecule has 2 aliphatic heterocycles. The second-order valence-corrected chi connectivity index (χ2v) is 10.7. The Morgan fingerprint density at radius 3 is 2.66 bits per heavy atom. The molecule has 0 unspecified atom stereocenters. The topological polar surface area (TPSA) is 34.1 Å². The summed E-state index contributed by atoms with van der Waals surface area (Å²) in [5, 5.41) is 12.5. The number of fused-ring (bicyclic) bond motifs is 1. The van der Waals surface area contributed by atoms with E-state index in [1.807, 2.05) is 48.7 Å². The molecular weight excluding hydrogens is 492 g/mol. The first-order valence-corrected chi connectivity index (χ1v) is 13.3. The van der Waals surface area contributed by atoms with Crippen LogP contribution < -0.4 is 9.47 Å². The maximum Gasteiger partial charge on any atom is 0.208 e. The zero-order chi connectivity index (χ0) is 24.5. The van der Waals surface area contributed by atoms with Gasteiger partial charge in [-0.3, -0.25) is 0 Å². The molecular formula is C28H24ClN4S2+. The highest BCUT2D eigenvalue weighted by Gasteiger charge is 2.34. The van der Waals surface area contributed by atoms with E-state index in [1.54, 1.807) is 23.5 Å². The molecule has 0 amide bonds. The Balaban J connectivity index is 1.53. The molecule has 35 heavy (non-hydrogen) atoms. The van der Waals surface area contributed by atoms with Gasteiger partial charge in [0.15, 0.2) is 12.7 Å². The highest BCUT2D eigenvalue weighted by molar-refractivity contribution is 8.09. The van der Waals surface area contributed by atoms with Crippen LogP contribution in [-0.4, -0.2) is 18.5 Å². The van der Waals surface area contributed by atoms with Crippen molar-refractivity contribution in [2.24, 2.45) is 0 Å². The van der Waals surface area contributed by atoms with E-state index in [4.69, 9.17) is 11.6 Å². The smallest absolute Gasteiger partial charge is 0.208 e. The standard InChI is InChI=1S/C28H24ClN4S2/c1-4-33-19(2)27(28-31(3)24-13-11-22(29)14-25(24)34-28)35-26(33)15-23-12-10-21(16-30)18-32(23)17-20-8-6-5-7-9-20/h5-15,18H,2,4,17H2,1,3H3/q+1/b28-27+. The molecule has 2 aliphatic rings. The van der Waals surface area contributed by atoms with Crippen LogP contribution in [0.4, 0.5) is 5.69 Å². The minimum absolute atomic E-state index is 0.641. The fourth-order valence-electron chi connectivity index (χ4n) is 4.22. The summed E-state index contributed by atoms with van der Waals surface area (Å²) in [5.41, 5.74) is 5.02. The first-order chi connectivity index (χ1) is 17.0. The molecule has 1 fully saturated rings. The van der Waals surface area contributed by atoms with Crippen molar-refractivity contribution in [2.75, 3.05) is 18.5 Å². The summed E-state index contributed by atoms with van der Waals surface area (Å²) in [5.74, 6) is 0. The van der Waals surface area contributed by atoms with E-state index in [9.17, 15) is 5.26 Å². The fourth-order valence-corrected chi connectivity index (χ4v) is 7.05. The van der Waals surface area contributed by atoms with Crippen molar-refractivity contribution in [3.63, 3.8) is 0 Å². The van der Waals surface area contributed by atoms with Crippen LogP contribution >= 0.6 is 35.1 Å². The quantitative estimate of drug-likeness (QED) is 0.355. The molecule has 4 nitrogen and oxygen atoms in total. The number of likely N-dealkylation sites (N-methyl/N-ethyl adjacent to an activating group) is 1. The van der Waals surface area contributed by atoms with Crippen molar-refractivity contribution in [3.8, 4) is 6.07 Å². The lowest BCUT2D eigenvalue weighted by atomic mass is 10.2. The molecule has 0 atom stereocenters. The van der Waals surface area contributed by atoms with Gasteiger partial charge in [0, 0.05) is 41.2 Å². The highest BCUT2D eigenvalue weighted by Crippen LogP contribution is 2.54. The Bertz CT molecular complexity index is 1420. The maximum absolute atomic E-state index is 9.47. The summed E-state index contributed by atoms with van der Waals surface area (Å²) in [6, 6.07) is 22.5. The summed E-state index contributed by atoms with van der Waals surface area (Å²) in [7, 11) is 2.09. The van der Waals surface area contributed by atoms with Crippen LogP contribution in [0.15, 0.2) is 99.0 Å². The molecule has 5 rings (SSSR count). The van der Waals surface area contributed by atoms with E-state index in [2.05, 4.69) is 65.3 Å². The average Bonchev–Trinajstić information content (AvgIpc) is 3.35.